The van der Waals surface area contributed by atoms with Crippen LogP contribution in [0.15, 0.2) is 53.6 Å². The number of hydrogen-bond donors (Lipinski definition) is 1. The average molecular weight is 471 g/mol. The van der Waals surface area contributed by atoms with Gasteiger partial charge in [0.15, 0.2) is 6.61 Å². The number of hydrazone groups is 1. The second-order valence-electron chi connectivity index (χ2n) is 8.63. The maximum Gasteiger partial charge on any atom is 0.277 e. The van der Waals surface area contributed by atoms with Crippen LogP contribution in [0.1, 0.15) is 37.2 Å². The van der Waals surface area contributed by atoms with Gasteiger partial charge in [0, 0.05) is 10.6 Å². The predicted molar refractivity (Wildman–Crippen MR) is 127 cm³/mol. The van der Waals surface area contributed by atoms with Crippen molar-refractivity contribution in [2.24, 2.45) is 10.5 Å². The lowest BCUT2D eigenvalue weighted by atomic mass is 9.75. The minimum Gasteiger partial charge on any atom is -0.482 e. The van der Waals surface area contributed by atoms with Gasteiger partial charge in [0.1, 0.15) is 5.75 Å². The zero-order chi connectivity index (χ0) is 22.9. The molecule has 0 spiro atoms. The van der Waals surface area contributed by atoms with E-state index in [1.165, 1.54) is 0 Å². The van der Waals surface area contributed by atoms with Crippen molar-refractivity contribution in [3.05, 3.63) is 75.5 Å². The Morgan fingerprint density at radius 2 is 1.94 bits per heavy atom. The molecule has 0 aliphatic heterocycles. The van der Waals surface area contributed by atoms with Crippen LogP contribution in [-0.4, -0.2) is 28.0 Å². The van der Waals surface area contributed by atoms with Crippen molar-refractivity contribution in [2.45, 2.75) is 33.6 Å². The Labute approximate surface area is 197 Å². The van der Waals surface area contributed by atoms with Gasteiger partial charge in [-0.1, -0.05) is 55.2 Å². The first-order valence-electron chi connectivity index (χ1n) is 10.3. The number of rotatable bonds is 5. The summed E-state index contributed by atoms with van der Waals surface area (Å²) in [5.74, 6) is 0.0153. The fraction of sp³-hybridized carbons (Fsp3) is 0.292. The molecule has 0 unspecified atom stereocenters. The van der Waals surface area contributed by atoms with Crippen LogP contribution >= 0.6 is 23.2 Å². The third kappa shape index (κ3) is 4.81. The minimum atomic E-state index is -0.374. The Balaban J connectivity index is 1.55. The lowest BCUT2D eigenvalue weighted by Gasteiger charge is -2.31. The van der Waals surface area contributed by atoms with Crippen LogP contribution in [0, 0.1) is 12.3 Å². The van der Waals surface area contributed by atoms with Gasteiger partial charge < -0.3 is 4.74 Å². The largest absolute Gasteiger partial charge is 0.482 e. The fourth-order valence-electron chi connectivity index (χ4n) is 3.95. The number of para-hydroxylation sites is 1. The number of aryl methyl sites for hydroxylation is 1. The van der Waals surface area contributed by atoms with Crippen LogP contribution in [0.5, 0.6) is 5.75 Å². The standard InChI is InChI=1S/C24H24Cl2N4O2/c1-15-23-19(27-28-22(31)14-32-21-10-9-16(25)11-18(21)26)12-24(2,3)13-20(23)30(29-15)17-7-5-4-6-8-17/h4-11H,12-14H2,1-3H3,(H,28,31)/b27-19+. The number of amides is 1. The van der Waals surface area contributed by atoms with Crippen molar-refractivity contribution in [1.82, 2.24) is 15.2 Å². The second kappa shape index (κ2) is 8.96. The van der Waals surface area contributed by atoms with Crippen LogP contribution < -0.4 is 10.2 Å². The molecule has 0 bridgehead atoms. The number of carbonyl (C=O) groups excluding carboxylic acids is 1. The first-order chi connectivity index (χ1) is 15.2. The number of carbonyl (C=O) groups is 1. The van der Waals surface area contributed by atoms with E-state index >= 15 is 0 Å². The Morgan fingerprint density at radius 1 is 1.19 bits per heavy atom. The SMILES string of the molecule is Cc1nn(-c2ccccc2)c2c1/C(=N/NC(=O)COc1ccc(Cl)cc1Cl)CC(C)(C)C2. The van der Waals surface area contributed by atoms with E-state index in [9.17, 15) is 4.79 Å². The Hall–Kier alpha value is -2.83. The first-order valence-corrected chi connectivity index (χ1v) is 11.1. The third-order valence-electron chi connectivity index (χ3n) is 5.31. The Morgan fingerprint density at radius 3 is 2.66 bits per heavy atom. The number of fused-ring (bicyclic) bond motifs is 1. The fourth-order valence-corrected chi connectivity index (χ4v) is 4.41. The van der Waals surface area contributed by atoms with Gasteiger partial charge >= 0.3 is 0 Å². The van der Waals surface area contributed by atoms with Gasteiger partial charge in [0.05, 0.1) is 27.8 Å². The Kier molecular flexibility index (Phi) is 6.26. The maximum absolute atomic E-state index is 12.4. The average Bonchev–Trinajstić information content (AvgIpc) is 3.07. The van der Waals surface area contributed by atoms with E-state index in [-0.39, 0.29) is 17.9 Å². The number of nitrogens with zero attached hydrogens (tertiary/aromatic N) is 3. The smallest absolute Gasteiger partial charge is 0.277 e. The van der Waals surface area contributed by atoms with Crippen LogP contribution in [0.25, 0.3) is 5.69 Å². The van der Waals surface area contributed by atoms with Gasteiger partial charge in [-0.15, -0.1) is 0 Å². The summed E-state index contributed by atoms with van der Waals surface area (Å²) in [5.41, 5.74) is 7.40. The number of nitrogens with one attached hydrogen (secondary N) is 1. The molecule has 6 nitrogen and oxygen atoms in total. The Bertz CT molecular complexity index is 1190. The molecule has 1 aromatic heterocycles. The van der Waals surface area contributed by atoms with E-state index in [0.29, 0.717) is 15.8 Å². The van der Waals surface area contributed by atoms with Crippen molar-refractivity contribution in [1.29, 1.82) is 0 Å². The van der Waals surface area contributed by atoms with Crippen LogP contribution in [-0.2, 0) is 11.2 Å². The lowest BCUT2D eigenvalue weighted by Crippen LogP contribution is -2.32. The topological polar surface area (TPSA) is 68.5 Å². The van der Waals surface area contributed by atoms with E-state index in [0.717, 1.165) is 41.2 Å². The van der Waals surface area contributed by atoms with E-state index < -0.39 is 0 Å². The van der Waals surface area contributed by atoms with Gasteiger partial charge in [-0.3, -0.25) is 4.79 Å². The number of aromatic nitrogens is 2. The molecule has 8 heteroatoms. The molecule has 1 aliphatic rings. The number of halogens is 2. The summed E-state index contributed by atoms with van der Waals surface area (Å²) < 4.78 is 7.48. The highest BCUT2D eigenvalue weighted by Gasteiger charge is 2.34. The van der Waals surface area contributed by atoms with E-state index in [1.807, 2.05) is 41.9 Å². The summed E-state index contributed by atoms with van der Waals surface area (Å²) in [4.78, 5) is 12.4. The first kappa shape index (κ1) is 22.4. The van der Waals surface area contributed by atoms with Gasteiger partial charge in [-0.2, -0.15) is 10.2 Å². The molecule has 4 rings (SSSR count). The zero-order valence-corrected chi connectivity index (χ0v) is 19.7. The molecule has 2 aromatic carbocycles. The van der Waals surface area contributed by atoms with E-state index in [1.54, 1.807) is 18.2 Å². The molecular formula is C24H24Cl2N4O2. The molecule has 1 heterocycles. The monoisotopic (exact) mass is 470 g/mol. The zero-order valence-electron chi connectivity index (χ0n) is 18.2. The lowest BCUT2D eigenvalue weighted by molar-refractivity contribution is -0.123. The van der Waals surface area contributed by atoms with Crippen LogP contribution in [0.3, 0.4) is 0 Å². The highest BCUT2D eigenvalue weighted by Crippen LogP contribution is 2.37. The van der Waals surface area contributed by atoms with E-state index in [2.05, 4.69) is 24.4 Å². The summed E-state index contributed by atoms with van der Waals surface area (Å²) in [5, 5.41) is 10.1. The summed E-state index contributed by atoms with van der Waals surface area (Å²) >= 11 is 12.0. The summed E-state index contributed by atoms with van der Waals surface area (Å²) in [7, 11) is 0. The number of hydrogen-bond acceptors (Lipinski definition) is 4. The molecule has 0 saturated carbocycles. The molecule has 1 amide bonds. The molecule has 1 aliphatic carbocycles. The molecule has 0 radical (unpaired) electrons. The molecule has 0 atom stereocenters. The van der Waals surface area contributed by atoms with Gasteiger partial charge in [0.25, 0.3) is 5.91 Å². The normalized spacial score (nSPS) is 16.0. The number of benzene rings is 2. The molecule has 0 saturated heterocycles. The minimum absolute atomic E-state index is 0.0249. The van der Waals surface area contributed by atoms with Crippen molar-refractivity contribution in [3.8, 4) is 11.4 Å². The van der Waals surface area contributed by atoms with Gasteiger partial charge in [-0.05, 0) is 55.5 Å². The van der Waals surface area contributed by atoms with Gasteiger partial charge in [0.2, 0.25) is 0 Å². The summed E-state index contributed by atoms with van der Waals surface area (Å²) in [6.45, 7) is 6.14. The molecule has 0 fully saturated rings. The highest BCUT2D eigenvalue weighted by atomic mass is 35.5. The second-order valence-corrected chi connectivity index (χ2v) is 9.47. The van der Waals surface area contributed by atoms with Crippen molar-refractivity contribution in [2.75, 3.05) is 6.61 Å². The molecule has 166 valence electrons. The summed E-state index contributed by atoms with van der Waals surface area (Å²) in [6.07, 6.45) is 1.59. The van der Waals surface area contributed by atoms with Gasteiger partial charge in [-0.25, -0.2) is 10.1 Å². The van der Waals surface area contributed by atoms with E-state index in [4.69, 9.17) is 33.0 Å². The molecule has 32 heavy (non-hydrogen) atoms. The molecule has 1 N–H and O–H groups in total. The quantitative estimate of drug-likeness (QED) is 0.510. The van der Waals surface area contributed by atoms with Crippen molar-refractivity contribution in [3.63, 3.8) is 0 Å². The molecular weight excluding hydrogens is 447 g/mol. The summed E-state index contributed by atoms with van der Waals surface area (Å²) in [6, 6.07) is 14.9. The van der Waals surface area contributed by atoms with Crippen molar-refractivity contribution >= 4 is 34.8 Å². The van der Waals surface area contributed by atoms with Crippen LogP contribution in [0.4, 0.5) is 0 Å². The van der Waals surface area contributed by atoms with Crippen molar-refractivity contribution < 1.29 is 9.53 Å². The molecule has 3 aromatic rings. The predicted octanol–water partition coefficient (Wildman–Crippen LogP) is 5.36. The third-order valence-corrected chi connectivity index (χ3v) is 5.84. The van der Waals surface area contributed by atoms with Crippen LogP contribution in [0.2, 0.25) is 10.0 Å². The number of ether oxygens (including phenoxy) is 1. The maximum atomic E-state index is 12.4. The highest BCUT2D eigenvalue weighted by molar-refractivity contribution is 6.35.